The monoisotopic (exact) mass is 510 g/mol. The van der Waals surface area contributed by atoms with Crippen molar-refractivity contribution in [2.75, 3.05) is 0 Å². The van der Waals surface area contributed by atoms with Crippen molar-refractivity contribution in [1.29, 1.82) is 0 Å². The molecule has 1 aliphatic carbocycles. The third-order valence-electron chi connectivity index (χ3n) is 8.04. The first-order valence-electron chi connectivity index (χ1n) is 14.0. The molecule has 0 unspecified atom stereocenters. The van der Waals surface area contributed by atoms with Crippen molar-refractivity contribution in [3.63, 3.8) is 0 Å². The highest BCUT2D eigenvalue weighted by Gasteiger charge is 2.19. The zero-order valence-electron chi connectivity index (χ0n) is 22.4. The fraction of sp³-hybridized carbons (Fsp3) is 0.0500. The van der Waals surface area contributed by atoms with Crippen LogP contribution in [0.25, 0.3) is 38.2 Å². The minimum absolute atomic E-state index is 0.188. The smallest absolute Gasteiger partial charge is 0.0340 e. The molecular weight excluding hydrogens is 480 g/mol. The summed E-state index contributed by atoms with van der Waals surface area (Å²) in [4.78, 5) is 0. The predicted octanol–water partition coefficient (Wildman–Crippen LogP) is 10.8. The minimum Gasteiger partial charge on any atom is -0.0801 e. The van der Waals surface area contributed by atoms with Crippen molar-refractivity contribution in [2.24, 2.45) is 0 Å². The predicted molar refractivity (Wildman–Crippen MR) is 171 cm³/mol. The number of hydrogen-bond acceptors (Lipinski definition) is 0. The fourth-order valence-corrected chi connectivity index (χ4v) is 6.00. The lowest BCUT2D eigenvalue weighted by Crippen LogP contribution is -2.04. The first kappa shape index (κ1) is 24.1. The summed E-state index contributed by atoms with van der Waals surface area (Å²) in [6, 6.07) is 50.7. The Morgan fingerprint density at radius 2 is 1.07 bits per heavy atom. The summed E-state index contributed by atoms with van der Waals surface area (Å²) >= 11 is 0. The Morgan fingerprint density at radius 1 is 0.475 bits per heavy atom. The standard InChI is InChI=1S/C40H30/c1-3-12-32(13-4-1)40(33-14-5-2-6-15-33)37-17-8-7-16-34(28-37)29-19-21-30(22-20-29)35-25-26-39-36(27-35)24-23-31-11-9-10-18-38(31)39/h1-15,17-28,40H,16H2. The van der Waals surface area contributed by atoms with Gasteiger partial charge in [0.15, 0.2) is 0 Å². The maximum absolute atomic E-state index is 2.40. The van der Waals surface area contributed by atoms with Gasteiger partial charge in [-0.15, -0.1) is 0 Å². The van der Waals surface area contributed by atoms with Crippen LogP contribution in [0.15, 0.2) is 169 Å². The molecule has 0 bridgehead atoms. The molecule has 0 heterocycles. The van der Waals surface area contributed by atoms with Gasteiger partial charge in [-0.2, -0.15) is 0 Å². The molecule has 0 radical (unpaired) electrons. The van der Waals surface area contributed by atoms with E-state index in [0.717, 1.165) is 6.42 Å². The van der Waals surface area contributed by atoms with E-state index in [1.807, 2.05) is 0 Å². The van der Waals surface area contributed by atoms with E-state index in [1.165, 1.54) is 60.5 Å². The fourth-order valence-electron chi connectivity index (χ4n) is 6.00. The number of rotatable bonds is 5. The molecule has 0 atom stereocenters. The third-order valence-corrected chi connectivity index (χ3v) is 8.04. The van der Waals surface area contributed by atoms with Gasteiger partial charge < -0.3 is 0 Å². The second kappa shape index (κ2) is 10.7. The van der Waals surface area contributed by atoms with Gasteiger partial charge in [-0.25, -0.2) is 0 Å². The van der Waals surface area contributed by atoms with Crippen LogP contribution in [0, 0.1) is 0 Å². The number of allylic oxidation sites excluding steroid dienone is 6. The lowest BCUT2D eigenvalue weighted by atomic mass is 9.83. The highest BCUT2D eigenvalue weighted by atomic mass is 14.2. The Bertz CT molecular complexity index is 1850. The van der Waals surface area contributed by atoms with Crippen molar-refractivity contribution in [2.45, 2.75) is 12.3 Å². The summed E-state index contributed by atoms with van der Waals surface area (Å²) in [5.41, 5.74) is 9.03. The minimum atomic E-state index is 0.188. The van der Waals surface area contributed by atoms with Gasteiger partial charge in [0.2, 0.25) is 0 Å². The van der Waals surface area contributed by atoms with Crippen molar-refractivity contribution in [1.82, 2.24) is 0 Å². The highest BCUT2D eigenvalue weighted by molar-refractivity contribution is 6.08. The average Bonchev–Trinajstić information content (AvgIpc) is 3.28. The quantitative estimate of drug-likeness (QED) is 0.202. The van der Waals surface area contributed by atoms with Crippen LogP contribution in [0.3, 0.4) is 0 Å². The SMILES string of the molecule is C1=CCC(c2ccc(-c3ccc4c(ccc5ccccc54)c3)cc2)=CC(C(c2ccccc2)c2ccccc2)=C1. The Morgan fingerprint density at radius 3 is 1.82 bits per heavy atom. The summed E-state index contributed by atoms with van der Waals surface area (Å²) in [5.74, 6) is 0.188. The van der Waals surface area contributed by atoms with Crippen LogP contribution >= 0.6 is 0 Å². The normalized spacial score (nSPS) is 13.3. The first-order valence-corrected chi connectivity index (χ1v) is 14.0. The van der Waals surface area contributed by atoms with Crippen LogP contribution in [0.1, 0.15) is 29.0 Å². The Balaban J connectivity index is 1.23. The van der Waals surface area contributed by atoms with Crippen LogP contribution in [0.5, 0.6) is 0 Å². The summed E-state index contributed by atoms with van der Waals surface area (Å²) in [6.07, 6.45) is 10.1. The molecule has 0 aromatic heterocycles. The average molecular weight is 511 g/mol. The van der Waals surface area contributed by atoms with Gasteiger partial charge in [-0.3, -0.25) is 0 Å². The summed E-state index contributed by atoms with van der Waals surface area (Å²) in [5, 5.41) is 5.18. The van der Waals surface area contributed by atoms with Gasteiger partial charge >= 0.3 is 0 Å². The molecule has 0 saturated heterocycles. The third kappa shape index (κ3) is 4.70. The van der Waals surface area contributed by atoms with Gasteiger partial charge in [0.25, 0.3) is 0 Å². The second-order valence-corrected chi connectivity index (χ2v) is 10.5. The van der Waals surface area contributed by atoms with Gasteiger partial charge in [0.05, 0.1) is 0 Å². The number of fused-ring (bicyclic) bond motifs is 3. The maximum atomic E-state index is 2.40. The van der Waals surface area contributed by atoms with E-state index in [2.05, 4.69) is 164 Å². The molecule has 40 heavy (non-hydrogen) atoms. The van der Waals surface area contributed by atoms with Crippen molar-refractivity contribution in [3.8, 4) is 11.1 Å². The molecule has 190 valence electrons. The van der Waals surface area contributed by atoms with E-state index < -0.39 is 0 Å². The molecule has 0 heteroatoms. The molecule has 6 aromatic carbocycles. The Kier molecular flexibility index (Phi) is 6.44. The highest BCUT2D eigenvalue weighted by Crippen LogP contribution is 2.37. The zero-order valence-corrected chi connectivity index (χ0v) is 22.4. The number of benzene rings is 6. The molecule has 0 nitrogen and oxygen atoms in total. The largest absolute Gasteiger partial charge is 0.0801 e. The molecule has 7 rings (SSSR count). The molecule has 0 fully saturated rings. The van der Waals surface area contributed by atoms with Crippen LogP contribution in [-0.4, -0.2) is 0 Å². The van der Waals surface area contributed by atoms with Gasteiger partial charge in [-0.05, 0) is 73.0 Å². The molecular formula is C40H30. The lowest BCUT2D eigenvalue weighted by molar-refractivity contribution is 0.978. The van der Waals surface area contributed by atoms with E-state index in [1.54, 1.807) is 0 Å². The van der Waals surface area contributed by atoms with Crippen molar-refractivity contribution >= 4 is 27.1 Å². The van der Waals surface area contributed by atoms with Gasteiger partial charge in [0.1, 0.15) is 0 Å². The van der Waals surface area contributed by atoms with Crippen LogP contribution in [0.4, 0.5) is 0 Å². The molecule has 0 saturated carbocycles. The van der Waals surface area contributed by atoms with Gasteiger partial charge in [0, 0.05) is 5.92 Å². The van der Waals surface area contributed by atoms with E-state index in [0.29, 0.717) is 0 Å². The van der Waals surface area contributed by atoms with E-state index in [4.69, 9.17) is 0 Å². The molecule has 0 amide bonds. The molecule has 0 spiro atoms. The maximum Gasteiger partial charge on any atom is 0.0340 e. The summed E-state index contributed by atoms with van der Waals surface area (Å²) in [6.45, 7) is 0. The molecule has 1 aliphatic rings. The van der Waals surface area contributed by atoms with Crippen LogP contribution in [-0.2, 0) is 0 Å². The zero-order chi connectivity index (χ0) is 26.7. The van der Waals surface area contributed by atoms with Crippen molar-refractivity contribution < 1.29 is 0 Å². The summed E-state index contributed by atoms with van der Waals surface area (Å²) < 4.78 is 0. The topological polar surface area (TPSA) is 0 Å². The van der Waals surface area contributed by atoms with Crippen molar-refractivity contribution in [3.05, 3.63) is 186 Å². The van der Waals surface area contributed by atoms with E-state index >= 15 is 0 Å². The molecule has 0 N–H and O–H groups in total. The van der Waals surface area contributed by atoms with E-state index in [9.17, 15) is 0 Å². The van der Waals surface area contributed by atoms with Gasteiger partial charge in [-0.1, -0.05) is 158 Å². The second-order valence-electron chi connectivity index (χ2n) is 10.5. The van der Waals surface area contributed by atoms with Crippen LogP contribution in [0.2, 0.25) is 0 Å². The Hall–Kier alpha value is -4.94. The lowest BCUT2D eigenvalue weighted by Gasteiger charge is -2.20. The molecule has 0 aliphatic heterocycles. The number of hydrogen-bond donors (Lipinski definition) is 0. The molecule has 6 aromatic rings. The summed E-state index contributed by atoms with van der Waals surface area (Å²) in [7, 11) is 0. The van der Waals surface area contributed by atoms with E-state index in [-0.39, 0.29) is 5.92 Å². The Labute approximate surface area is 236 Å². The van der Waals surface area contributed by atoms with Crippen LogP contribution < -0.4 is 0 Å². The first-order chi connectivity index (χ1) is 19.8.